The standard InChI is InChI=1S/C22H29F3N2O5/c1-14-13-26(16-6-8-17(9-7-16)32-22(23,24)25)10-11-27(14)20(29)18(19(28)21(30)31)12-15-4-2-3-5-15/h6-9,14-15,18-19,28H,2-5,10-13H2,1H3,(H,30,31)/t14-,18+,19+/m1/s1. The van der Waals surface area contributed by atoms with Crippen molar-refractivity contribution in [3.63, 3.8) is 0 Å². The highest BCUT2D eigenvalue weighted by atomic mass is 19.4. The molecule has 3 rings (SSSR count). The van der Waals surface area contributed by atoms with Crippen LogP contribution in [0.3, 0.4) is 0 Å². The second-order valence-corrected chi connectivity index (χ2v) is 8.64. The van der Waals surface area contributed by atoms with Crippen LogP contribution in [0.2, 0.25) is 0 Å². The third kappa shape index (κ3) is 6.05. The summed E-state index contributed by atoms with van der Waals surface area (Å²) < 4.78 is 40.9. The Balaban J connectivity index is 1.65. The summed E-state index contributed by atoms with van der Waals surface area (Å²) in [5, 5.41) is 19.5. The van der Waals surface area contributed by atoms with Gasteiger partial charge in [-0.15, -0.1) is 13.2 Å². The zero-order valence-corrected chi connectivity index (χ0v) is 17.9. The maximum Gasteiger partial charge on any atom is 0.573 e. The van der Waals surface area contributed by atoms with Gasteiger partial charge in [0, 0.05) is 31.4 Å². The summed E-state index contributed by atoms with van der Waals surface area (Å²) in [5.41, 5.74) is 0.701. The molecule has 1 aliphatic carbocycles. The number of aliphatic hydroxyl groups is 1. The number of hydrogen-bond donors (Lipinski definition) is 2. The Bertz CT molecular complexity index is 796. The zero-order chi connectivity index (χ0) is 23.5. The number of nitrogens with zero attached hydrogens (tertiary/aromatic N) is 2. The molecule has 178 valence electrons. The predicted octanol–water partition coefficient (Wildman–Crippen LogP) is 3.26. The number of ether oxygens (including phenoxy) is 1. The molecule has 10 heteroatoms. The topological polar surface area (TPSA) is 90.3 Å². The second kappa shape index (κ2) is 9.97. The van der Waals surface area contributed by atoms with Gasteiger partial charge in [-0.1, -0.05) is 25.7 Å². The van der Waals surface area contributed by atoms with Gasteiger partial charge in [-0.05, 0) is 43.5 Å². The average Bonchev–Trinajstić information content (AvgIpc) is 3.23. The van der Waals surface area contributed by atoms with Gasteiger partial charge >= 0.3 is 12.3 Å². The number of anilines is 1. The zero-order valence-electron chi connectivity index (χ0n) is 17.9. The largest absolute Gasteiger partial charge is 0.573 e. The van der Waals surface area contributed by atoms with Crippen molar-refractivity contribution >= 4 is 17.6 Å². The van der Waals surface area contributed by atoms with E-state index < -0.39 is 24.4 Å². The van der Waals surface area contributed by atoms with E-state index in [4.69, 9.17) is 0 Å². The molecule has 2 aliphatic rings. The first kappa shape index (κ1) is 24.2. The lowest BCUT2D eigenvalue weighted by atomic mass is 9.87. The van der Waals surface area contributed by atoms with Gasteiger partial charge in [-0.2, -0.15) is 0 Å². The minimum atomic E-state index is -4.75. The Morgan fingerprint density at radius 2 is 1.78 bits per heavy atom. The molecule has 0 bridgehead atoms. The number of rotatable bonds is 7. The quantitative estimate of drug-likeness (QED) is 0.652. The normalized spacial score (nSPS) is 22.0. The lowest BCUT2D eigenvalue weighted by Gasteiger charge is -2.42. The molecule has 2 fully saturated rings. The fourth-order valence-corrected chi connectivity index (χ4v) is 4.73. The first-order valence-electron chi connectivity index (χ1n) is 10.9. The third-order valence-electron chi connectivity index (χ3n) is 6.36. The summed E-state index contributed by atoms with van der Waals surface area (Å²) in [6.45, 7) is 3.04. The first-order valence-corrected chi connectivity index (χ1v) is 10.9. The van der Waals surface area contributed by atoms with Gasteiger partial charge in [0.2, 0.25) is 5.91 Å². The van der Waals surface area contributed by atoms with E-state index in [0.717, 1.165) is 25.7 Å². The van der Waals surface area contributed by atoms with Crippen molar-refractivity contribution in [3.8, 4) is 5.75 Å². The molecule has 0 radical (unpaired) electrons. The molecule has 7 nitrogen and oxygen atoms in total. The Hall–Kier alpha value is -2.49. The van der Waals surface area contributed by atoms with E-state index in [1.54, 1.807) is 4.90 Å². The van der Waals surface area contributed by atoms with E-state index in [2.05, 4.69) is 4.74 Å². The molecular weight excluding hydrogens is 429 g/mol. The Morgan fingerprint density at radius 1 is 1.16 bits per heavy atom. The van der Waals surface area contributed by atoms with Crippen molar-refractivity contribution < 1.29 is 37.7 Å². The van der Waals surface area contributed by atoms with Crippen molar-refractivity contribution in [2.24, 2.45) is 11.8 Å². The van der Waals surface area contributed by atoms with E-state index in [1.165, 1.54) is 24.3 Å². The van der Waals surface area contributed by atoms with Crippen molar-refractivity contribution in [1.82, 2.24) is 4.90 Å². The number of amides is 1. The van der Waals surface area contributed by atoms with Crippen molar-refractivity contribution in [2.75, 3.05) is 24.5 Å². The van der Waals surface area contributed by atoms with E-state index in [9.17, 15) is 33.0 Å². The highest BCUT2D eigenvalue weighted by Crippen LogP contribution is 2.33. The molecule has 1 saturated heterocycles. The molecule has 3 atom stereocenters. The maximum atomic E-state index is 13.2. The highest BCUT2D eigenvalue weighted by molar-refractivity contribution is 5.86. The van der Waals surface area contributed by atoms with Crippen LogP contribution < -0.4 is 9.64 Å². The molecule has 32 heavy (non-hydrogen) atoms. The molecule has 0 aromatic heterocycles. The molecule has 1 amide bonds. The summed E-state index contributed by atoms with van der Waals surface area (Å²) >= 11 is 0. The Morgan fingerprint density at radius 3 is 2.31 bits per heavy atom. The number of hydrogen-bond acceptors (Lipinski definition) is 5. The smallest absolute Gasteiger partial charge is 0.479 e. The van der Waals surface area contributed by atoms with E-state index in [0.29, 0.717) is 31.7 Å². The van der Waals surface area contributed by atoms with Crippen LogP contribution in [0.1, 0.15) is 39.0 Å². The molecular formula is C22H29F3N2O5. The molecule has 2 N–H and O–H groups in total. The second-order valence-electron chi connectivity index (χ2n) is 8.64. The molecule has 0 spiro atoms. The monoisotopic (exact) mass is 458 g/mol. The molecule has 1 heterocycles. The van der Waals surface area contributed by atoms with Crippen molar-refractivity contribution in [3.05, 3.63) is 24.3 Å². The summed E-state index contributed by atoms with van der Waals surface area (Å²) in [5.74, 6) is -2.79. The average molecular weight is 458 g/mol. The van der Waals surface area contributed by atoms with Crippen LogP contribution in [0.5, 0.6) is 5.75 Å². The molecule has 1 aliphatic heterocycles. The van der Waals surface area contributed by atoms with Crippen LogP contribution in [-0.4, -0.2) is 65.1 Å². The molecule has 1 aromatic carbocycles. The Labute approximate surface area is 184 Å². The van der Waals surface area contributed by atoms with Gasteiger partial charge in [0.05, 0.1) is 5.92 Å². The summed E-state index contributed by atoms with van der Waals surface area (Å²) in [4.78, 5) is 28.2. The fraction of sp³-hybridized carbons (Fsp3) is 0.636. The van der Waals surface area contributed by atoms with Crippen LogP contribution in [0.15, 0.2) is 24.3 Å². The van der Waals surface area contributed by atoms with Gasteiger partial charge in [-0.3, -0.25) is 4.79 Å². The number of alkyl halides is 3. The highest BCUT2D eigenvalue weighted by Gasteiger charge is 2.40. The van der Waals surface area contributed by atoms with Gasteiger partial charge in [-0.25, -0.2) is 4.79 Å². The van der Waals surface area contributed by atoms with Gasteiger partial charge < -0.3 is 24.7 Å². The number of carbonyl (C=O) groups is 2. The van der Waals surface area contributed by atoms with Crippen LogP contribution in [0.4, 0.5) is 18.9 Å². The molecule has 1 aromatic rings. The van der Waals surface area contributed by atoms with Gasteiger partial charge in [0.25, 0.3) is 0 Å². The summed E-state index contributed by atoms with van der Waals surface area (Å²) in [6.07, 6.45) is -2.15. The summed E-state index contributed by atoms with van der Waals surface area (Å²) in [6, 6.07) is 5.29. The van der Waals surface area contributed by atoms with Gasteiger partial charge in [0.15, 0.2) is 6.10 Å². The van der Waals surface area contributed by atoms with Crippen molar-refractivity contribution in [2.45, 2.75) is 57.5 Å². The predicted molar refractivity (Wildman–Crippen MR) is 110 cm³/mol. The van der Waals surface area contributed by atoms with Crippen molar-refractivity contribution in [1.29, 1.82) is 0 Å². The maximum absolute atomic E-state index is 13.2. The number of aliphatic hydroxyl groups excluding tert-OH is 1. The lowest BCUT2D eigenvalue weighted by molar-refractivity contribution is -0.274. The molecule has 1 saturated carbocycles. The number of carboxylic acids is 1. The SMILES string of the molecule is C[C@@H]1CN(c2ccc(OC(F)(F)F)cc2)CCN1C(=O)[C@@H](CC1CCCC1)[C@H](O)C(=O)O. The van der Waals surface area contributed by atoms with Crippen LogP contribution in [-0.2, 0) is 9.59 Å². The van der Waals surface area contributed by atoms with E-state index in [-0.39, 0.29) is 23.6 Å². The number of carboxylic acid groups (broad SMARTS) is 1. The Kier molecular flexibility index (Phi) is 7.53. The van der Waals surface area contributed by atoms with E-state index in [1.807, 2.05) is 11.8 Å². The van der Waals surface area contributed by atoms with Crippen LogP contribution >= 0.6 is 0 Å². The number of halogens is 3. The van der Waals surface area contributed by atoms with Crippen LogP contribution in [0, 0.1) is 11.8 Å². The molecule has 0 unspecified atom stereocenters. The van der Waals surface area contributed by atoms with Gasteiger partial charge in [0.1, 0.15) is 5.75 Å². The fourth-order valence-electron chi connectivity index (χ4n) is 4.73. The third-order valence-corrected chi connectivity index (χ3v) is 6.36. The lowest BCUT2D eigenvalue weighted by Crippen LogP contribution is -2.57. The van der Waals surface area contributed by atoms with Crippen LogP contribution in [0.25, 0.3) is 0 Å². The minimum absolute atomic E-state index is 0.243. The first-order chi connectivity index (χ1) is 15.0. The number of aliphatic carboxylic acids is 1. The number of piperazine rings is 1. The summed E-state index contributed by atoms with van der Waals surface area (Å²) in [7, 11) is 0. The number of benzene rings is 1. The number of carbonyl (C=O) groups excluding carboxylic acids is 1. The minimum Gasteiger partial charge on any atom is -0.479 e. The van der Waals surface area contributed by atoms with E-state index >= 15 is 0 Å².